The third-order valence-corrected chi connectivity index (χ3v) is 4.60. The molecule has 1 heterocycles. The van der Waals surface area contributed by atoms with Gasteiger partial charge < -0.3 is 9.64 Å². The van der Waals surface area contributed by atoms with Gasteiger partial charge in [-0.25, -0.2) is 0 Å². The van der Waals surface area contributed by atoms with E-state index in [0.717, 1.165) is 24.5 Å². The van der Waals surface area contributed by atoms with Gasteiger partial charge in [-0.15, -0.1) is 0 Å². The van der Waals surface area contributed by atoms with Gasteiger partial charge in [0, 0.05) is 17.9 Å². The third-order valence-electron chi connectivity index (χ3n) is 4.60. The summed E-state index contributed by atoms with van der Waals surface area (Å²) in [4.78, 5) is 2.40. The molecule has 0 fully saturated rings. The molecule has 3 aromatic carbocycles. The molecular weight excluding hydrogens is 294 g/mol. The standard InChI is InChI=1S/C22H21NO/c1-16-14-17(2)21-12-13-23(22(21)15-16)18-8-10-20(11-9-18)24-19-6-4-3-5-7-19/h3-11,14-15H,12-13H2,1-2H3. The molecule has 2 nitrogen and oxygen atoms in total. The Morgan fingerprint density at radius 1 is 0.833 bits per heavy atom. The Hall–Kier alpha value is -2.74. The second kappa shape index (κ2) is 6.04. The molecule has 0 N–H and O–H groups in total. The topological polar surface area (TPSA) is 12.5 Å². The van der Waals surface area contributed by atoms with Crippen molar-refractivity contribution < 1.29 is 4.74 Å². The summed E-state index contributed by atoms with van der Waals surface area (Å²) in [6.45, 7) is 5.42. The fraction of sp³-hybridized carbons (Fsp3) is 0.182. The number of anilines is 2. The van der Waals surface area contributed by atoms with Crippen molar-refractivity contribution in [1.82, 2.24) is 0 Å². The number of benzene rings is 3. The Bertz CT molecular complexity index is 853. The summed E-state index contributed by atoms with van der Waals surface area (Å²) in [5.41, 5.74) is 6.77. The Morgan fingerprint density at radius 3 is 2.29 bits per heavy atom. The number of fused-ring (bicyclic) bond motifs is 1. The average molecular weight is 315 g/mol. The van der Waals surface area contributed by atoms with E-state index in [1.807, 2.05) is 42.5 Å². The highest BCUT2D eigenvalue weighted by Gasteiger charge is 2.22. The highest BCUT2D eigenvalue weighted by Crippen LogP contribution is 2.37. The zero-order valence-electron chi connectivity index (χ0n) is 14.1. The summed E-state index contributed by atoms with van der Waals surface area (Å²) in [6.07, 6.45) is 1.11. The Balaban J connectivity index is 1.59. The predicted molar refractivity (Wildman–Crippen MR) is 99.6 cm³/mol. The van der Waals surface area contributed by atoms with E-state index in [1.165, 1.54) is 28.1 Å². The molecule has 2 heteroatoms. The first-order valence-corrected chi connectivity index (χ1v) is 8.41. The van der Waals surface area contributed by atoms with E-state index < -0.39 is 0 Å². The molecule has 0 radical (unpaired) electrons. The smallest absolute Gasteiger partial charge is 0.127 e. The first-order valence-electron chi connectivity index (χ1n) is 8.41. The fourth-order valence-corrected chi connectivity index (χ4v) is 3.47. The largest absolute Gasteiger partial charge is 0.457 e. The molecule has 1 aliphatic heterocycles. The Morgan fingerprint density at radius 2 is 1.54 bits per heavy atom. The summed E-state index contributed by atoms with van der Waals surface area (Å²) >= 11 is 0. The van der Waals surface area contributed by atoms with Crippen LogP contribution in [0.25, 0.3) is 0 Å². The van der Waals surface area contributed by atoms with Crippen molar-refractivity contribution in [2.45, 2.75) is 20.3 Å². The van der Waals surface area contributed by atoms with E-state index in [9.17, 15) is 0 Å². The second-order valence-electron chi connectivity index (χ2n) is 6.39. The molecule has 120 valence electrons. The molecule has 4 rings (SSSR count). The van der Waals surface area contributed by atoms with E-state index >= 15 is 0 Å². The van der Waals surface area contributed by atoms with Crippen LogP contribution < -0.4 is 9.64 Å². The molecule has 0 bridgehead atoms. The number of hydrogen-bond acceptors (Lipinski definition) is 2. The minimum atomic E-state index is 0.864. The number of para-hydroxylation sites is 1. The number of rotatable bonds is 3. The number of nitrogens with zero attached hydrogens (tertiary/aromatic N) is 1. The number of hydrogen-bond donors (Lipinski definition) is 0. The second-order valence-corrected chi connectivity index (χ2v) is 6.39. The summed E-state index contributed by atoms with van der Waals surface area (Å²) < 4.78 is 5.89. The van der Waals surface area contributed by atoms with Crippen LogP contribution in [0.2, 0.25) is 0 Å². The van der Waals surface area contributed by atoms with Gasteiger partial charge in [-0.2, -0.15) is 0 Å². The lowest BCUT2D eigenvalue weighted by atomic mass is 10.0. The van der Waals surface area contributed by atoms with Crippen LogP contribution in [0.5, 0.6) is 11.5 Å². The highest BCUT2D eigenvalue weighted by atomic mass is 16.5. The van der Waals surface area contributed by atoms with Gasteiger partial charge in [0.25, 0.3) is 0 Å². The van der Waals surface area contributed by atoms with E-state index in [4.69, 9.17) is 4.74 Å². The van der Waals surface area contributed by atoms with Crippen LogP contribution >= 0.6 is 0 Å². The minimum Gasteiger partial charge on any atom is -0.457 e. The maximum atomic E-state index is 5.89. The minimum absolute atomic E-state index is 0.864. The lowest BCUT2D eigenvalue weighted by molar-refractivity contribution is 0.483. The Labute approximate surface area is 143 Å². The van der Waals surface area contributed by atoms with Gasteiger partial charge in [0.2, 0.25) is 0 Å². The molecule has 1 aliphatic rings. The van der Waals surface area contributed by atoms with Crippen LogP contribution in [-0.4, -0.2) is 6.54 Å². The monoisotopic (exact) mass is 315 g/mol. The van der Waals surface area contributed by atoms with E-state index in [1.54, 1.807) is 0 Å². The average Bonchev–Trinajstić information content (AvgIpc) is 3.01. The van der Waals surface area contributed by atoms with Crippen LogP contribution in [0.3, 0.4) is 0 Å². The maximum Gasteiger partial charge on any atom is 0.127 e. The zero-order valence-corrected chi connectivity index (χ0v) is 14.1. The molecule has 24 heavy (non-hydrogen) atoms. The van der Waals surface area contributed by atoms with Crippen LogP contribution in [0, 0.1) is 13.8 Å². The predicted octanol–water partition coefficient (Wildman–Crippen LogP) is 5.79. The van der Waals surface area contributed by atoms with Crippen LogP contribution in [0.1, 0.15) is 16.7 Å². The van der Waals surface area contributed by atoms with Crippen molar-refractivity contribution >= 4 is 11.4 Å². The van der Waals surface area contributed by atoms with Gasteiger partial charge in [0.05, 0.1) is 0 Å². The van der Waals surface area contributed by atoms with Crippen LogP contribution in [-0.2, 0) is 6.42 Å². The lowest BCUT2D eigenvalue weighted by Gasteiger charge is -2.21. The first kappa shape index (κ1) is 14.8. The summed E-state index contributed by atoms with van der Waals surface area (Å²) in [6, 6.07) is 22.8. The van der Waals surface area contributed by atoms with Gasteiger partial charge in [-0.3, -0.25) is 0 Å². The van der Waals surface area contributed by atoms with Crippen molar-refractivity contribution in [2.75, 3.05) is 11.4 Å². The molecule has 0 unspecified atom stereocenters. The van der Waals surface area contributed by atoms with Gasteiger partial charge in [-0.1, -0.05) is 24.3 Å². The third kappa shape index (κ3) is 2.76. The molecule has 0 spiro atoms. The molecule has 0 atom stereocenters. The zero-order chi connectivity index (χ0) is 16.5. The molecule has 0 saturated carbocycles. The molecule has 0 amide bonds. The quantitative estimate of drug-likeness (QED) is 0.606. The maximum absolute atomic E-state index is 5.89. The van der Waals surface area contributed by atoms with E-state index in [-0.39, 0.29) is 0 Å². The van der Waals surface area contributed by atoms with Crippen molar-refractivity contribution in [2.24, 2.45) is 0 Å². The molecule has 0 aromatic heterocycles. The van der Waals surface area contributed by atoms with Crippen molar-refractivity contribution in [3.8, 4) is 11.5 Å². The number of ether oxygens (including phenoxy) is 1. The SMILES string of the molecule is Cc1cc(C)c2c(c1)N(c1ccc(Oc3ccccc3)cc1)CC2. The summed E-state index contributed by atoms with van der Waals surface area (Å²) in [7, 11) is 0. The van der Waals surface area contributed by atoms with Crippen molar-refractivity contribution in [3.63, 3.8) is 0 Å². The van der Waals surface area contributed by atoms with Crippen LogP contribution in [0.15, 0.2) is 66.7 Å². The highest BCUT2D eigenvalue weighted by molar-refractivity contribution is 5.72. The molecule has 3 aromatic rings. The van der Waals surface area contributed by atoms with Gasteiger partial charge in [0.15, 0.2) is 0 Å². The van der Waals surface area contributed by atoms with Crippen molar-refractivity contribution in [3.05, 3.63) is 83.4 Å². The first-order chi connectivity index (χ1) is 11.7. The van der Waals surface area contributed by atoms with E-state index in [2.05, 4.69) is 43.0 Å². The van der Waals surface area contributed by atoms with Crippen LogP contribution in [0.4, 0.5) is 11.4 Å². The number of aryl methyl sites for hydroxylation is 2. The normalized spacial score (nSPS) is 13.0. The Kier molecular flexibility index (Phi) is 3.73. The lowest BCUT2D eigenvalue weighted by Crippen LogP contribution is -2.13. The van der Waals surface area contributed by atoms with Gasteiger partial charge in [0.1, 0.15) is 11.5 Å². The van der Waals surface area contributed by atoms with Crippen molar-refractivity contribution in [1.29, 1.82) is 0 Å². The van der Waals surface area contributed by atoms with E-state index in [0.29, 0.717) is 0 Å². The summed E-state index contributed by atoms with van der Waals surface area (Å²) in [5, 5.41) is 0. The summed E-state index contributed by atoms with van der Waals surface area (Å²) in [5.74, 6) is 1.73. The fourth-order valence-electron chi connectivity index (χ4n) is 3.47. The van der Waals surface area contributed by atoms with Gasteiger partial charge >= 0.3 is 0 Å². The van der Waals surface area contributed by atoms with Gasteiger partial charge in [-0.05, 0) is 79.4 Å². The molecule has 0 saturated heterocycles. The molecular formula is C22H21NO. The molecule has 0 aliphatic carbocycles.